The first kappa shape index (κ1) is 14.7. The van der Waals surface area contributed by atoms with Gasteiger partial charge in [-0.3, -0.25) is 4.79 Å². The third-order valence-corrected chi connectivity index (χ3v) is 4.02. The van der Waals surface area contributed by atoms with Crippen molar-refractivity contribution < 1.29 is 9.90 Å². The number of carbonyl (C=O) groups excluding carboxylic acids is 1. The average molecular weight is 270 g/mol. The number of piperidine rings is 1. The maximum atomic E-state index is 11.8. The van der Waals surface area contributed by atoms with Crippen LogP contribution in [0.4, 0.5) is 0 Å². The van der Waals surface area contributed by atoms with Crippen molar-refractivity contribution in [3.63, 3.8) is 0 Å². The van der Waals surface area contributed by atoms with Gasteiger partial charge in [0.05, 0.1) is 6.10 Å². The number of hydrogen-bond donors (Lipinski definition) is 4. The zero-order valence-electron chi connectivity index (χ0n) is 11.5. The first-order valence-electron chi connectivity index (χ1n) is 7.34. The van der Waals surface area contributed by atoms with Crippen LogP contribution in [0.2, 0.25) is 0 Å². The van der Waals surface area contributed by atoms with E-state index < -0.39 is 0 Å². The molecule has 19 heavy (non-hydrogen) atoms. The van der Waals surface area contributed by atoms with E-state index in [9.17, 15) is 9.90 Å². The molecule has 0 saturated carbocycles. The minimum atomic E-state index is -0.331. The number of carbonyl (C=O) groups is 1. The molecule has 110 valence electrons. The quantitative estimate of drug-likeness (QED) is 0.482. The van der Waals surface area contributed by atoms with Crippen molar-refractivity contribution in [2.75, 3.05) is 52.4 Å². The summed E-state index contributed by atoms with van der Waals surface area (Å²) >= 11 is 0. The van der Waals surface area contributed by atoms with Gasteiger partial charge >= 0.3 is 0 Å². The second kappa shape index (κ2) is 7.79. The Balaban J connectivity index is 1.58. The number of nitrogens with zero attached hydrogens (tertiary/aromatic N) is 1. The van der Waals surface area contributed by atoms with Gasteiger partial charge in [0.25, 0.3) is 0 Å². The molecule has 0 bridgehead atoms. The van der Waals surface area contributed by atoms with Crippen molar-refractivity contribution in [1.82, 2.24) is 20.9 Å². The standard InChI is InChI=1S/C13H26N4O2/c18-12-10-15-3-1-11(12)9-16-13(19)2-6-17-7-4-14-5-8-17/h11-12,14-15,18H,1-10H2,(H,16,19)/t11-,12+/m0/s1. The largest absolute Gasteiger partial charge is 0.391 e. The smallest absolute Gasteiger partial charge is 0.221 e. The zero-order chi connectivity index (χ0) is 13.5. The van der Waals surface area contributed by atoms with Crippen LogP contribution in [0.5, 0.6) is 0 Å². The maximum Gasteiger partial charge on any atom is 0.221 e. The fourth-order valence-corrected chi connectivity index (χ4v) is 2.66. The Morgan fingerprint density at radius 2 is 2.05 bits per heavy atom. The molecule has 0 radical (unpaired) electrons. The van der Waals surface area contributed by atoms with Crippen LogP contribution in [0.25, 0.3) is 0 Å². The van der Waals surface area contributed by atoms with Crippen molar-refractivity contribution in [1.29, 1.82) is 0 Å². The number of aliphatic hydroxyl groups excluding tert-OH is 1. The molecule has 0 aromatic carbocycles. The second-order valence-corrected chi connectivity index (χ2v) is 5.47. The number of nitrogens with one attached hydrogen (secondary N) is 3. The van der Waals surface area contributed by atoms with Gasteiger partial charge in [0.1, 0.15) is 0 Å². The summed E-state index contributed by atoms with van der Waals surface area (Å²) in [6, 6.07) is 0. The number of aliphatic hydroxyl groups is 1. The molecule has 2 heterocycles. The number of hydrogen-bond acceptors (Lipinski definition) is 5. The third-order valence-electron chi connectivity index (χ3n) is 4.02. The van der Waals surface area contributed by atoms with Gasteiger partial charge in [-0.25, -0.2) is 0 Å². The van der Waals surface area contributed by atoms with Gasteiger partial charge in [-0.2, -0.15) is 0 Å². The van der Waals surface area contributed by atoms with Gasteiger partial charge in [0.2, 0.25) is 5.91 Å². The topological polar surface area (TPSA) is 76.6 Å². The van der Waals surface area contributed by atoms with Gasteiger partial charge in [0.15, 0.2) is 0 Å². The maximum absolute atomic E-state index is 11.8. The van der Waals surface area contributed by atoms with Gasteiger partial charge in [0, 0.05) is 58.2 Å². The van der Waals surface area contributed by atoms with E-state index in [2.05, 4.69) is 20.9 Å². The van der Waals surface area contributed by atoms with E-state index in [1.807, 2.05) is 0 Å². The number of β-amino-alcohol motifs (C(OH)–C–C–N with tert-alkyl or cyclic N) is 1. The van der Waals surface area contributed by atoms with E-state index in [0.717, 1.165) is 45.7 Å². The second-order valence-electron chi connectivity index (χ2n) is 5.47. The lowest BCUT2D eigenvalue weighted by Crippen LogP contribution is -2.46. The minimum absolute atomic E-state index is 0.101. The summed E-state index contributed by atoms with van der Waals surface area (Å²) in [5, 5.41) is 19.2. The molecule has 2 saturated heterocycles. The summed E-state index contributed by atoms with van der Waals surface area (Å²) in [7, 11) is 0. The van der Waals surface area contributed by atoms with Gasteiger partial charge in [-0.05, 0) is 13.0 Å². The molecule has 2 aliphatic heterocycles. The Kier molecular flexibility index (Phi) is 6.03. The van der Waals surface area contributed by atoms with Crippen molar-refractivity contribution >= 4 is 5.91 Å². The fraction of sp³-hybridized carbons (Fsp3) is 0.923. The first-order chi connectivity index (χ1) is 9.25. The highest BCUT2D eigenvalue weighted by atomic mass is 16.3. The predicted octanol–water partition coefficient (Wildman–Crippen LogP) is -1.63. The Labute approximate surface area is 114 Å². The molecule has 4 N–H and O–H groups in total. The summed E-state index contributed by atoms with van der Waals surface area (Å²) in [5.74, 6) is 0.300. The molecule has 6 heteroatoms. The number of piperazine rings is 1. The van der Waals surface area contributed by atoms with E-state index in [1.54, 1.807) is 0 Å². The first-order valence-corrected chi connectivity index (χ1v) is 7.34. The minimum Gasteiger partial charge on any atom is -0.391 e. The molecule has 2 rings (SSSR count). The van der Waals surface area contributed by atoms with Crippen LogP contribution in [-0.4, -0.2) is 74.4 Å². The number of rotatable bonds is 5. The molecule has 0 spiro atoms. The normalized spacial score (nSPS) is 29.1. The Morgan fingerprint density at radius 3 is 2.79 bits per heavy atom. The molecule has 0 aliphatic carbocycles. The van der Waals surface area contributed by atoms with Crippen LogP contribution in [0.1, 0.15) is 12.8 Å². The molecule has 2 aliphatic rings. The van der Waals surface area contributed by atoms with Crippen LogP contribution in [0.3, 0.4) is 0 Å². The van der Waals surface area contributed by atoms with Crippen molar-refractivity contribution in [3.05, 3.63) is 0 Å². The monoisotopic (exact) mass is 270 g/mol. The molecule has 2 fully saturated rings. The summed E-state index contributed by atoms with van der Waals surface area (Å²) in [5.41, 5.74) is 0. The summed E-state index contributed by atoms with van der Waals surface area (Å²) in [6.45, 7) is 7.09. The van der Waals surface area contributed by atoms with Gasteiger partial charge in [-0.1, -0.05) is 0 Å². The summed E-state index contributed by atoms with van der Waals surface area (Å²) in [4.78, 5) is 14.1. The van der Waals surface area contributed by atoms with Gasteiger partial charge in [-0.15, -0.1) is 0 Å². The lowest BCUT2D eigenvalue weighted by atomic mass is 9.95. The molecule has 0 aromatic heterocycles. The third kappa shape index (κ3) is 5.06. The van der Waals surface area contributed by atoms with Crippen molar-refractivity contribution in [3.8, 4) is 0 Å². The van der Waals surface area contributed by atoms with E-state index in [1.165, 1.54) is 0 Å². The van der Waals surface area contributed by atoms with Crippen LogP contribution in [0.15, 0.2) is 0 Å². The van der Waals surface area contributed by atoms with E-state index in [-0.39, 0.29) is 17.9 Å². The van der Waals surface area contributed by atoms with E-state index in [0.29, 0.717) is 19.5 Å². The Bertz CT molecular complexity index is 282. The highest BCUT2D eigenvalue weighted by Crippen LogP contribution is 2.11. The van der Waals surface area contributed by atoms with E-state index >= 15 is 0 Å². The van der Waals surface area contributed by atoms with Gasteiger partial charge < -0.3 is 26.0 Å². The molecule has 0 unspecified atom stereocenters. The molecule has 1 amide bonds. The Hall–Kier alpha value is -0.690. The van der Waals surface area contributed by atoms with Crippen LogP contribution in [-0.2, 0) is 4.79 Å². The molecule has 2 atom stereocenters. The van der Waals surface area contributed by atoms with E-state index in [4.69, 9.17) is 0 Å². The van der Waals surface area contributed by atoms with Crippen LogP contribution < -0.4 is 16.0 Å². The Morgan fingerprint density at radius 1 is 1.26 bits per heavy atom. The lowest BCUT2D eigenvalue weighted by molar-refractivity contribution is -0.121. The van der Waals surface area contributed by atoms with Crippen LogP contribution in [0, 0.1) is 5.92 Å². The molecular formula is C13H26N4O2. The molecule has 6 nitrogen and oxygen atoms in total. The zero-order valence-corrected chi connectivity index (χ0v) is 11.5. The predicted molar refractivity (Wildman–Crippen MR) is 73.9 cm³/mol. The molecular weight excluding hydrogens is 244 g/mol. The van der Waals surface area contributed by atoms with Crippen LogP contribution >= 0.6 is 0 Å². The van der Waals surface area contributed by atoms with Crippen molar-refractivity contribution in [2.24, 2.45) is 5.92 Å². The SMILES string of the molecule is O=C(CCN1CCNCC1)NC[C@@H]1CCNC[C@H]1O. The summed E-state index contributed by atoms with van der Waals surface area (Å²) in [6.07, 6.45) is 1.16. The number of amides is 1. The summed E-state index contributed by atoms with van der Waals surface area (Å²) < 4.78 is 0. The highest BCUT2D eigenvalue weighted by Gasteiger charge is 2.23. The average Bonchev–Trinajstić information content (AvgIpc) is 2.45. The lowest BCUT2D eigenvalue weighted by Gasteiger charge is -2.29. The molecule has 0 aromatic rings. The fourth-order valence-electron chi connectivity index (χ4n) is 2.66. The highest BCUT2D eigenvalue weighted by molar-refractivity contribution is 5.76. The van der Waals surface area contributed by atoms with Crippen molar-refractivity contribution in [2.45, 2.75) is 18.9 Å².